The number of esters is 1. The highest BCUT2D eigenvalue weighted by Gasteiger charge is 2.23. The van der Waals surface area contributed by atoms with E-state index in [9.17, 15) is 24.2 Å². The minimum absolute atomic E-state index is 0.0705. The molecule has 0 aliphatic rings. The molecule has 0 spiro atoms. The predicted molar refractivity (Wildman–Crippen MR) is 201 cm³/mol. The van der Waals surface area contributed by atoms with Gasteiger partial charge in [0.2, 0.25) is 5.91 Å². The molecule has 0 bridgehead atoms. The number of unbranched alkanes of at least 4 members (excludes halogenated alkanes) is 14. The quantitative estimate of drug-likeness (QED) is 0.0256. The maximum absolute atomic E-state index is 12.0. The van der Waals surface area contributed by atoms with E-state index in [0.29, 0.717) is 6.42 Å². The molecule has 0 aromatic heterocycles. The zero-order valence-corrected chi connectivity index (χ0v) is 31.8. The highest BCUT2D eigenvalue weighted by molar-refractivity contribution is 7.47. The van der Waals surface area contributed by atoms with Crippen molar-refractivity contribution >= 4 is 19.7 Å². The first kappa shape index (κ1) is 47.0. The lowest BCUT2D eigenvalue weighted by Gasteiger charge is -2.15. The molecule has 0 saturated carbocycles. The number of carbonyl (C=O) groups excluding carboxylic acids is 2. The fourth-order valence-electron chi connectivity index (χ4n) is 4.80. The molecule has 49 heavy (non-hydrogen) atoms. The van der Waals surface area contributed by atoms with Gasteiger partial charge in [-0.3, -0.25) is 18.6 Å². The first-order valence-electron chi connectivity index (χ1n) is 19.1. The second-order valence-electron chi connectivity index (χ2n) is 12.5. The van der Waals surface area contributed by atoms with Crippen LogP contribution in [0.5, 0.6) is 0 Å². The van der Waals surface area contributed by atoms with E-state index in [1.165, 1.54) is 32.1 Å². The lowest BCUT2D eigenvalue weighted by molar-refractivity contribution is -0.147. The fourth-order valence-corrected chi connectivity index (χ4v) is 5.56. The standard InChI is InChI=1S/C39H70NO8P/c1-3-5-7-9-11-13-15-17-18-20-22-24-26-28-30-32-39(43)46-35-37(41)36-48-49(44,45)47-34-33-40-38(42)31-29-27-25-23-21-19-16-14-12-10-8-6-4-2/h8,10-11,13-14,16-18,37,41H,3-7,9,12,15,19-36H2,1-2H3,(H,40,42)(H,44,45)/b10-8-,13-11-,16-14-,18-17-. The minimum atomic E-state index is -4.42. The Bertz CT molecular complexity index is 949. The molecule has 3 N–H and O–H groups in total. The molecule has 284 valence electrons. The summed E-state index contributed by atoms with van der Waals surface area (Å²) >= 11 is 0. The maximum Gasteiger partial charge on any atom is 0.472 e. The number of aliphatic hydroxyl groups is 1. The van der Waals surface area contributed by atoms with Crippen LogP contribution in [-0.2, 0) is 27.9 Å². The van der Waals surface area contributed by atoms with Crippen LogP contribution < -0.4 is 5.32 Å². The summed E-state index contributed by atoms with van der Waals surface area (Å²) in [5.74, 6) is -0.549. The van der Waals surface area contributed by atoms with E-state index in [-0.39, 0.29) is 32.1 Å². The van der Waals surface area contributed by atoms with Crippen LogP contribution in [0.15, 0.2) is 48.6 Å². The van der Waals surface area contributed by atoms with E-state index in [0.717, 1.165) is 96.3 Å². The number of hydrogen-bond acceptors (Lipinski definition) is 7. The second kappa shape index (κ2) is 35.8. The summed E-state index contributed by atoms with van der Waals surface area (Å²) in [5, 5.41) is 12.6. The highest BCUT2D eigenvalue weighted by Crippen LogP contribution is 2.42. The molecule has 0 rings (SSSR count). The molecule has 10 heteroatoms. The van der Waals surface area contributed by atoms with Crippen molar-refractivity contribution in [1.82, 2.24) is 5.32 Å². The summed E-state index contributed by atoms with van der Waals surface area (Å²) in [6.07, 6.45) is 38.9. The van der Waals surface area contributed by atoms with Gasteiger partial charge in [0.15, 0.2) is 0 Å². The molecule has 0 fully saturated rings. The van der Waals surface area contributed by atoms with Gasteiger partial charge in [-0.05, 0) is 70.6 Å². The zero-order chi connectivity index (χ0) is 36.1. The molecular formula is C39H70NO8P. The number of nitrogens with one attached hydrogen (secondary N) is 1. The Morgan fingerprint density at radius 2 is 1.14 bits per heavy atom. The van der Waals surface area contributed by atoms with Crippen molar-refractivity contribution in [2.45, 2.75) is 161 Å². The molecule has 2 atom stereocenters. The van der Waals surface area contributed by atoms with Gasteiger partial charge in [0.25, 0.3) is 0 Å². The van der Waals surface area contributed by atoms with Gasteiger partial charge in [0.05, 0.1) is 13.2 Å². The van der Waals surface area contributed by atoms with Crippen LogP contribution in [0.4, 0.5) is 0 Å². The summed E-state index contributed by atoms with van der Waals surface area (Å²) < 4.78 is 26.7. The summed E-state index contributed by atoms with van der Waals surface area (Å²) in [4.78, 5) is 33.7. The van der Waals surface area contributed by atoms with Crippen LogP contribution in [0.2, 0.25) is 0 Å². The molecule has 0 saturated heterocycles. The number of amides is 1. The number of hydrogen-bond donors (Lipinski definition) is 3. The Labute approximate surface area is 298 Å². The molecule has 9 nitrogen and oxygen atoms in total. The summed E-state index contributed by atoms with van der Waals surface area (Å²) in [7, 11) is -4.42. The zero-order valence-electron chi connectivity index (χ0n) is 30.9. The van der Waals surface area contributed by atoms with Gasteiger partial charge < -0.3 is 20.1 Å². The summed E-state index contributed by atoms with van der Waals surface area (Å²) in [6.45, 7) is 3.40. The normalized spacial score (nSPS) is 14.0. The molecule has 0 heterocycles. The van der Waals surface area contributed by atoms with E-state index in [1.54, 1.807) is 0 Å². The van der Waals surface area contributed by atoms with Gasteiger partial charge in [0.1, 0.15) is 12.7 Å². The first-order chi connectivity index (χ1) is 23.8. The van der Waals surface area contributed by atoms with Crippen molar-refractivity contribution in [2.24, 2.45) is 0 Å². The van der Waals surface area contributed by atoms with Gasteiger partial charge in [-0.2, -0.15) is 0 Å². The van der Waals surface area contributed by atoms with Crippen molar-refractivity contribution in [3.05, 3.63) is 48.6 Å². The van der Waals surface area contributed by atoms with Crippen molar-refractivity contribution in [3.8, 4) is 0 Å². The largest absolute Gasteiger partial charge is 0.472 e. The molecule has 0 radical (unpaired) electrons. The van der Waals surface area contributed by atoms with Crippen molar-refractivity contribution in [1.29, 1.82) is 0 Å². The topological polar surface area (TPSA) is 131 Å². The molecule has 1 amide bonds. The third-order valence-electron chi connectivity index (χ3n) is 7.71. The van der Waals surface area contributed by atoms with Crippen LogP contribution >= 0.6 is 7.82 Å². The summed E-state index contributed by atoms with van der Waals surface area (Å²) in [5.41, 5.74) is 0. The molecule has 2 unspecified atom stereocenters. The van der Waals surface area contributed by atoms with Crippen LogP contribution in [0.1, 0.15) is 155 Å². The van der Waals surface area contributed by atoms with Crippen molar-refractivity contribution < 1.29 is 37.9 Å². The van der Waals surface area contributed by atoms with E-state index in [1.807, 2.05) is 0 Å². The van der Waals surface area contributed by atoms with E-state index < -0.39 is 26.5 Å². The Kier molecular flexibility index (Phi) is 34.3. The van der Waals surface area contributed by atoms with Gasteiger partial charge in [-0.1, -0.05) is 120 Å². The van der Waals surface area contributed by atoms with Crippen LogP contribution in [0.3, 0.4) is 0 Å². The Morgan fingerprint density at radius 1 is 0.633 bits per heavy atom. The van der Waals surface area contributed by atoms with E-state index in [2.05, 4.69) is 67.8 Å². The number of carbonyl (C=O) groups is 2. The number of allylic oxidation sites excluding steroid dienone is 8. The molecule has 0 aliphatic heterocycles. The van der Waals surface area contributed by atoms with Crippen molar-refractivity contribution in [3.63, 3.8) is 0 Å². The monoisotopic (exact) mass is 711 g/mol. The van der Waals surface area contributed by atoms with Crippen LogP contribution in [-0.4, -0.2) is 54.3 Å². The Morgan fingerprint density at radius 3 is 1.71 bits per heavy atom. The maximum atomic E-state index is 12.0. The van der Waals surface area contributed by atoms with E-state index in [4.69, 9.17) is 13.8 Å². The van der Waals surface area contributed by atoms with Crippen molar-refractivity contribution in [2.75, 3.05) is 26.4 Å². The lowest BCUT2D eigenvalue weighted by atomic mass is 10.1. The van der Waals surface area contributed by atoms with Gasteiger partial charge in [-0.15, -0.1) is 0 Å². The molecule has 0 aromatic carbocycles. The molecule has 0 aromatic rings. The lowest BCUT2D eigenvalue weighted by Crippen LogP contribution is -2.27. The Hall–Kier alpha value is -2.03. The minimum Gasteiger partial charge on any atom is -0.463 e. The summed E-state index contributed by atoms with van der Waals surface area (Å²) in [6, 6.07) is 0. The average Bonchev–Trinajstić information content (AvgIpc) is 3.08. The predicted octanol–water partition coefficient (Wildman–Crippen LogP) is 9.99. The van der Waals surface area contributed by atoms with E-state index >= 15 is 0 Å². The highest BCUT2D eigenvalue weighted by atomic mass is 31.2. The number of rotatable bonds is 35. The van der Waals surface area contributed by atoms with Crippen LogP contribution in [0, 0.1) is 0 Å². The second-order valence-corrected chi connectivity index (χ2v) is 14.0. The number of phosphoric ester groups is 1. The number of aliphatic hydroxyl groups excluding tert-OH is 1. The third kappa shape index (κ3) is 37.1. The SMILES string of the molecule is CCC/C=C\C/C=C\CCCCCCCC(=O)NCCOP(=O)(O)OCC(O)COC(=O)CCCCCCC/C=C\C/C=C\CCCCC. The third-order valence-corrected chi connectivity index (χ3v) is 8.70. The average molecular weight is 712 g/mol. The van der Waals surface area contributed by atoms with Gasteiger partial charge in [0, 0.05) is 19.4 Å². The molecular weight excluding hydrogens is 641 g/mol. The number of phosphoric acid groups is 1. The number of ether oxygens (including phenoxy) is 1. The fraction of sp³-hybridized carbons (Fsp3) is 0.744. The van der Waals surface area contributed by atoms with Gasteiger partial charge >= 0.3 is 13.8 Å². The Balaban J connectivity index is 3.67. The first-order valence-corrected chi connectivity index (χ1v) is 20.6. The smallest absolute Gasteiger partial charge is 0.463 e. The van der Waals surface area contributed by atoms with Crippen LogP contribution in [0.25, 0.3) is 0 Å². The van der Waals surface area contributed by atoms with Gasteiger partial charge in [-0.25, -0.2) is 4.57 Å². The molecule has 0 aliphatic carbocycles.